The summed E-state index contributed by atoms with van der Waals surface area (Å²) in [7, 11) is -3.98. The first-order chi connectivity index (χ1) is 16.8. The molecule has 0 unspecified atom stereocenters. The van der Waals surface area contributed by atoms with Crippen molar-refractivity contribution in [2.45, 2.75) is 37.8 Å². The number of hydrogen-bond acceptors (Lipinski definition) is 4. The van der Waals surface area contributed by atoms with Gasteiger partial charge in [-0.15, -0.1) is 0 Å². The molecule has 3 aromatic carbocycles. The third kappa shape index (κ3) is 6.42. The van der Waals surface area contributed by atoms with Gasteiger partial charge in [-0.1, -0.05) is 53.6 Å². The topological polar surface area (TPSA) is 69.7 Å². The van der Waals surface area contributed by atoms with Crippen molar-refractivity contribution in [1.29, 1.82) is 0 Å². The molecule has 0 aliphatic carbocycles. The minimum Gasteiger partial charge on any atom is -0.350 e. The average Bonchev–Trinajstić information content (AvgIpc) is 3.36. The van der Waals surface area contributed by atoms with Gasteiger partial charge in [-0.2, -0.15) is 0 Å². The third-order valence-electron chi connectivity index (χ3n) is 6.20. The Labute approximate surface area is 212 Å². The molecule has 0 saturated carbocycles. The van der Waals surface area contributed by atoms with E-state index in [1.165, 1.54) is 42.7 Å². The Morgan fingerprint density at radius 2 is 1.57 bits per heavy atom. The lowest BCUT2D eigenvalue weighted by Gasteiger charge is -2.24. The maximum atomic E-state index is 13.5. The van der Waals surface area contributed by atoms with Crippen LogP contribution in [0.15, 0.2) is 77.7 Å². The number of aryl methyl sites for hydroxylation is 1. The Bertz CT molecular complexity index is 1260. The summed E-state index contributed by atoms with van der Waals surface area (Å²) >= 11 is 5.95. The van der Waals surface area contributed by atoms with Gasteiger partial charge in [0.2, 0.25) is 5.91 Å². The smallest absolute Gasteiger partial charge is 0.264 e. The van der Waals surface area contributed by atoms with Crippen molar-refractivity contribution in [3.8, 4) is 0 Å². The van der Waals surface area contributed by atoms with Crippen LogP contribution < -0.4 is 9.62 Å². The van der Waals surface area contributed by atoms with E-state index in [1.54, 1.807) is 12.1 Å². The molecule has 1 fully saturated rings. The van der Waals surface area contributed by atoms with Crippen LogP contribution in [0.4, 0.5) is 5.69 Å². The molecule has 0 atom stereocenters. The molecule has 1 heterocycles. The molecule has 0 spiro atoms. The molecule has 1 saturated heterocycles. The highest BCUT2D eigenvalue weighted by molar-refractivity contribution is 7.92. The van der Waals surface area contributed by atoms with Gasteiger partial charge in [-0.25, -0.2) is 8.42 Å². The number of amides is 1. The monoisotopic (exact) mass is 511 g/mol. The molecule has 3 aromatic rings. The van der Waals surface area contributed by atoms with Gasteiger partial charge in [0, 0.05) is 18.1 Å². The first kappa shape index (κ1) is 25.2. The fourth-order valence-electron chi connectivity index (χ4n) is 4.21. The summed E-state index contributed by atoms with van der Waals surface area (Å²) in [4.78, 5) is 15.5. The summed E-state index contributed by atoms with van der Waals surface area (Å²) in [5.41, 5.74) is 3.64. The molecule has 6 nitrogen and oxygen atoms in total. The van der Waals surface area contributed by atoms with Gasteiger partial charge >= 0.3 is 0 Å². The Balaban J connectivity index is 1.51. The number of carbonyl (C=O) groups excluding carboxylic acids is 1. The van der Waals surface area contributed by atoms with Gasteiger partial charge in [0.05, 0.1) is 10.6 Å². The van der Waals surface area contributed by atoms with E-state index < -0.39 is 10.0 Å². The zero-order valence-corrected chi connectivity index (χ0v) is 21.4. The summed E-state index contributed by atoms with van der Waals surface area (Å²) in [5.74, 6) is -0.376. The molecular weight excluding hydrogens is 482 g/mol. The summed E-state index contributed by atoms with van der Waals surface area (Å²) in [6.45, 7) is 4.97. The standard InChI is InChI=1S/C27H30ClN3O3S/c1-21-8-12-25(13-9-21)31(35(33,34)26-14-10-24(28)11-15-26)20-27(32)29-18-22-6-2-3-7-23(22)19-30-16-4-5-17-30/h2-3,6-15H,4-5,16-20H2,1H3,(H,29,32). The van der Waals surface area contributed by atoms with Crippen LogP contribution in [-0.2, 0) is 27.9 Å². The first-order valence-corrected chi connectivity index (χ1v) is 13.6. The van der Waals surface area contributed by atoms with E-state index in [0.717, 1.165) is 35.1 Å². The Kier molecular flexibility index (Phi) is 8.11. The van der Waals surface area contributed by atoms with E-state index >= 15 is 0 Å². The van der Waals surface area contributed by atoms with Crippen molar-refractivity contribution in [2.24, 2.45) is 0 Å². The minimum atomic E-state index is -3.98. The van der Waals surface area contributed by atoms with Gasteiger partial charge in [0.15, 0.2) is 0 Å². The second-order valence-electron chi connectivity index (χ2n) is 8.83. The highest BCUT2D eigenvalue weighted by Gasteiger charge is 2.27. The minimum absolute atomic E-state index is 0.0752. The predicted molar refractivity (Wildman–Crippen MR) is 140 cm³/mol. The normalized spacial score (nSPS) is 14.1. The molecule has 1 amide bonds. The number of halogens is 1. The molecule has 1 aliphatic heterocycles. The lowest BCUT2D eigenvalue weighted by molar-refractivity contribution is -0.119. The van der Waals surface area contributed by atoms with Gasteiger partial charge in [-0.05, 0) is 80.4 Å². The van der Waals surface area contributed by atoms with Crippen molar-refractivity contribution in [3.05, 3.63) is 94.5 Å². The molecule has 0 bridgehead atoms. The van der Waals surface area contributed by atoms with E-state index in [0.29, 0.717) is 17.3 Å². The van der Waals surface area contributed by atoms with Crippen LogP contribution in [0.1, 0.15) is 29.5 Å². The maximum absolute atomic E-state index is 13.5. The Hall–Kier alpha value is -2.87. The Morgan fingerprint density at radius 3 is 2.23 bits per heavy atom. The lowest BCUT2D eigenvalue weighted by atomic mass is 10.1. The van der Waals surface area contributed by atoms with Crippen molar-refractivity contribution in [3.63, 3.8) is 0 Å². The van der Waals surface area contributed by atoms with Gasteiger partial charge in [0.1, 0.15) is 6.54 Å². The van der Waals surface area contributed by atoms with Crippen LogP contribution in [0.5, 0.6) is 0 Å². The number of carbonyl (C=O) groups is 1. The van der Waals surface area contributed by atoms with E-state index in [1.807, 2.05) is 37.3 Å². The van der Waals surface area contributed by atoms with Crippen molar-refractivity contribution in [2.75, 3.05) is 23.9 Å². The highest BCUT2D eigenvalue weighted by Crippen LogP contribution is 2.25. The number of anilines is 1. The van der Waals surface area contributed by atoms with Crippen molar-refractivity contribution in [1.82, 2.24) is 10.2 Å². The van der Waals surface area contributed by atoms with Crippen LogP contribution in [0, 0.1) is 6.92 Å². The third-order valence-corrected chi connectivity index (χ3v) is 8.24. The van der Waals surface area contributed by atoms with Crippen LogP contribution in [0.25, 0.3) is 0 Å². The summed E-state index contributed by atoms with van der Waals surface area (Å²) in [5, 5.41) is 3.36. The van der Waals surface area contributed by atoms with E-state index in [9.17, 15) is 13.2 Å². The molecule has 35 heavy (non-hydrogen) atoms. The van der Waals surface area contributed by atoms with Gasteiger partial charge < -0.3 is 5.32 Å². The fourth-order valence-corrected chi connectivity index (χ4v) is 5.75. The number of hydrogen-bond donors (Lipinski definition) is 1. The molecule has 1 aliphatic rings. The first-order valence-electron chi connectivity index (χ1n) is 11.7. The number of benzene rings is 3. The molecule has 8 heteroatoms. The SMILES string of the molecule is Cc1ccc(N(CC(=O)NCc2ccccc2CN2CCCC2)S(=O)(=O)c2ccc(Cl)cc2)cc1. The summed E-state index contributed by atoms with van der Waals surface area (Å²) in [6.07, 6.45) is 2.44. The summed E-state index contributed by atoms with van der Waals surface area (Å²) < 4.78 is 28.1. The quantitative estimate of drug-likeness (QED) is 0.450. The van der Waals surface area contributed by atoms with E-state index in [2.05, 4.69) is 16.3 Å². The predicted octanol–water partition coefficient (Wildman–Crippen LogP) is 4.76. The average molecular weight is 512 g/mol. The van der Waals surface area contributed by atoms with Crippen molar-refractivity contribution < 1.29 is 13.2 Å². The van der Waals surface area contributed by atoms with Gasteiger partial charge in [-0.3, -0.25) is 14.0 Å². The maximum Gasteiger partial charge on any atom is 0.264 e. The van der Waals surface area contributed by atoms with Crippen LogP contribution >= 0.6 is 11.6 Å². The number of nitrogens with zero attached hydrogens (tertiary/aromatic N) is 2. The number of sulfonamides is 1. The molecule has 4 rings (SSSR count). The molecule has 0 radical (unpaired) electrons. The van der Waals surface area contributed by atoms with E-state index in [4.69, 9.17) is 11.6 Å². The zero-order valence-electron chi connectivity index (χ0n) is 19.8. The molecule has 1 N–H and O–H groups in total. The van der Waals surface area contributed by atoms with Gasteiger partial charge in [0.25, 0.3) is 10.0 Å². The number of nitrogens with one attached hydrogen (secondary N) is 1. The van der Waals surface area contributed by atoms with Crippen LogP contribution in [-0.4, -0.2) is 38.9 Å². The largest absolute Gasteiger partial charge is 0.350 e. The number of likely N-dealkylation sites (tertiary alicyclic amines) is 1. The summed E-state index contributed by atoms with van der Waals surface area (Å²) in [6, 6.07) is 21.1. The molecular formula is C27H30ClN3O3S. The van der Waals surface area contributed by atoms with Crippen LogP contribution in [0.2, 0.25) is 5.02 Å². The molecule has 184 valence electrons. The number of rotatable bonds is 9. The van der Waals surface area contributed by atoms with Crippen LogP contribution in [0.3, 0.4) is 0 Å². The lowest BCUT2D eigenvalue weighted by Crippen LogP contribution is -2.40. The second kappa shape index (κ2) is 11.2. The fraction of sp³-hybridized carbons (Fsp3) is 0.296. The highest BCUT2D eigenvalue weighted by atomic mass is 35.5. The van der Waals surface area contributed by atoms with Crippen molar-refractivity contribution >= 4 is 33.2 Å². The van der Waals surface area contributed by atoms with E-state index in [-0.39, 0.29) is 17.3 Å². The zero-order chi connectivity index (χ0) is 24.8. The second-order valence-corrected chi connectivity index (χ2v) is 11.1. The Morgan fingerprint density at radius 1 is 0.943 bits per heavy atom. The molecule has 0 aromatic heterocycles.